The second kappa shape index (κ2) is 7.49. The van der Waals surface area contributed by atoms with E-state index in [0.29, 0.717) is 5.69 Å². The average molecular weight is 392 g/mol. The van der Waals surface area contributed by atoms with Gasteiger partial charge in [0.25, 0.3) is 0 Å². The van der Waals surface area contributed by atoms with E-state index in [2.05, 4.69) is 20.4 Å². The maximum atomic E-state index is 12.7. The molecule has 1 aromatic carbocycles. The summed E-state index contributed by atoms with van der Waals surface area (Å²) in [5.41, 5.74) is 5.32. The van der Waals surface area contributed by atoms with Crippen LogP contribution in [0.3, 0.4) is 0 Å². The van der Waals surface area contributed by atoms with E-state index in [1.54, 1.807) is 17.1 Å². The second-order valence-electron chi connectivity index (χ2n) is 6.62. The Bertz CT molecular complexity index is 1160. The van der Waals surface area contributed by atoms with Crippen molar-refractivity contribution in [2.24, 2.45) is 12.2 Å². The van der Waals surface area contributed by atoms with Crippen molar-refractivity contribution < 1.29 is 4.79 Å². The number of H-pyrrole nitrogens is 1. The molecule has 0 atom stereocenters. The van der Waals surface area contributed by atoms with E-state index in [-0.39, 0.29) is 12.3 Å². The molecule has 0 aliphatic rings. The van der Waals surface area contributed by atoms with Crippen LogP contribution in [0.2, 0.25) is 0 Å². The zero-order valence-electron chi connectivity index (χ0n) is 15.6. The summed E-state index contributed by atoms with van der Waals surface area (Å²) >= 11 is 1.14. The van der Waals surface area contributed by atoms with Gasteiger partial charge in [0.15, 0.2) is 0 Å². The Balaban J connectivity index is 1.59. The van der Waals surface area contributed by atoms with Crippen molar-refractivity contribution in [3.05, 3.63) is 60.2 Å². The summed E-state index contributed by atoms with van der Waals surface area (Å²) in [5, 5.41) is 13.9. The zero-order chi connectivity index (χ0) is 19.7. The van der Waals surface area contributed by atoms with Crippen molar-refractivity contribution >= 4 is 34.6 Å². The monoisotopic (exact) mass is 392 g/mol. The normalized spacial score (nSPS) is 11.1. The lowest BCUT2D eigenvalue weighted by molar-refractivity contribution is -0.115. The highest BCUT2D eigenvalue weighted by molar-refractivity contribution is 7.97. The van der Waals surface area contributed by atoms with Crippen LogP contribution in [-0.4, -0.2) is 25.7 Å². The van der Waals surface area contributed by atoms with Gasteiger partial charge in [0.1, 0.15) is 5.65 Å². The van der Waals surface area contributed by atoms with Crippen LogP contribution in [0.1, 0.15) is 11.3 Å². The minimum absolute atomic E-state index is 0.0934. The van der Waals surface area contributed by atoms with Gasteiger partial charge in [-0.3, -0.25) is 14.6 Å². The molecule has 0 radical (unpaired) electrons. The lowest BCUT2D eigenvalue weighted by atomic mass is 10.1. The molecule has 0 saturated heterocycles. The van der Waals surface area contributed by atoms with Crippen molar-refractivity contribution in [2.45, 2.75) is 18.2 Å². The summed E-state index contributed by atoms with van der Waals surface area (Å²) in [5.74, 6) is -0.0934. The molecule has 0 aliphatic carbocycles. The molecular weight excluding hydrogens is 372 g/mol. The summed E-state index contributed by atoms with van der Waals surface area (Å²) in [6, 6.07) is 9.62. The quantitative estimate of drug-likeness (QED) is 0.452. The Hall–Kier alpha value is -3.10. The second-order valence-corrected chi connectivity index (χ2v) is 7.33. The molecule has 3 aromatic heterocycles. The van der Waals surface area contributed by atoms with Crippen LogP contribution >= 0.6 is 11.9 Å². The number of aromatic nitrogens is 4. The van der Waals surface area contributed by atoms with Crippen LogP contribution < -0.4 is 10.5 Å². The molecule has 7 nitrogen and oxygen atoms in total. The van der Waals surface area contributed by atoms with Gasteiger partial charge in [-0.05, 0) is 60.3 Å². The van der Waals surface area contributed by atoms with E-state index >= 15 is 0 Å². The number of aryl methyl sites for hydroxylation is 2. The van der Waals surface area contributed by atoms with Crippen molar-refractivity contribution in [3.8, 4) is 11.1 Å². The molecule has 0 unspecified atom stereocenters. The van der Waals surface area contributed by atoms with Gasteiger partial charge in [-0.25, -0.2) is 4.98 Å². The third-order valence-corrected chi connectivity index (χ3v) is 5.10. The van der Waals surface area contributed by atoms with E-state index in [1.165, 1.54) is 0 Å². The molecule has 0 saturated carbocycles. The molecule has 4 rings (SSSR count). The number of amides is 1. The molecule has 8 heteroatoms. The largest absolute Gasteiger partial charge is 0.343 e. The summed E-state index contributed by atoms with van der Waals surface area (Å²) < 4.78 is 1.74. The van der Waals surface area contributed by atoms with Gasteiger partial charge in [0.2, 0.25) is 5.91 Å². The SMILES string of the molecule is Cc1[nH]c2ncccc2c1CC(=O)Nc1cc(SN)cc(-c2cnn(C)c2)c1. The molecule has 0 aliphatic heterocycles. The van der Waals surface area contributed by atoms with Crippen LogP contribution in [0.4, 0.5) is 5.69 Å². The number of nitrogens with one attached hydrogen (secondary N) is 2. The number of aromatic amines is 1. The Morgan fingerprint density at radius 3 is 2.93 bits per heavy atom. The van der Waals surface area contributed by atoms with Crippen molar-refractivity contribution in [2.75, 3.05) is 5.32 Å². The van der Waals surface area contributed by atoms with Crippen LogP contribution in [0.15, 0.2) is 53.8 Å². The molecule has 142 valence electrons. The lowest BCUT2D eigenvalue weighted by Gasteiger charge is -2.09. The van der Waals surface area contributed by atoms with Crippen molar-refractivity contribution in [1.82, 2.24) is 19.7 Å². The Morgan fingerprint density at radius 1 is 1.32 bits per heavy atom. The molecule has 0 bridgehead atoms. The summed E-state index contributed by atoms with van der Waals surface area (Å²) in [4.78, 5) is 21.1. The number of carbonyl (C=O) groups excluding carboxylic acids is 1. The number of anilines is 1. The van der Waals surface area contributed by atoms with Crippen LogP contribution in [0.25, 0.3) is 22.2 Å². The number of hydrogen-bond donors (Lipinski definition) is 3. The predicted octanol–water partition coefficient (Wildman–Crippen LogP) is 3.42. The molecule has 0 spiro atoms. The van der Waals surface area contributed by atoms with Crippen molar-refractivity contribution in [3.63, 3.8) is 0 Å². The van der Waals surface area contributed by atoms with E-state index < -0.39 is 0 Å². The summed E-state index contributed by atoms with van der Waals surface area (Å²) in [7, 11) is 1.87. The molecule has 4 aromatic rings. The van der Waals surface area contributed by atoms with Gasteiger partial charge < -0.3 is 10.3 Å². The zero-order valence-corrected chi connectivity index (χ0v) is 16.4. The first kappa shape index (κ1) is 18.3. The van der Waals surface area contributed by atoms with Gasteiger partial charge in [-0.1, -0.05) is 0 Å². The van der Waals surface area contributed by atoms with Gasteiger partial charge in [-0.15, -0.1) is 0 Å². The molecule has 3 heterocycles. The Kier molecular flexibility index (Phi) is 4.89. The fourth-order valence-electron chi connectivity index (χ4n) is 3.27. The first-order valence-electron chi connectivity index (χ1n) is 8.76. The van der Waals surface area contributed by atoms with E-state index in [0.717, 1.165) is 50.3 Å². The maximum absolute atomic E-state index is 12.7. The molecular formula is C20H20N6OS. The molecule has 1 amide bonds. The fraction of sp³-hybridized carbons (Fsp3) is 0.150. The highest BCUT2D eigenvalue weighted by Gasteiger charge is 2.14. The summed E-state index contributed by atoms with van der Waals surface area (Å²) in [6.45, 7) is 1.95. The summed E-state index contributed by atoms with van der Waals surface area (Å²) in [6.07, 6.45) is 5.71. The van der Waals surface area contributed by atoms with Crippen LogP contribution in [-0.2, 0) is 18.3 Å². The number of benzene rings is 1. The minimum atomic E-state index is -0.0934. The first-order valence-corrected chi connectivity index (χ1v) is 9.64. The highest BCUT2D eigenvalue weighted by Crippen LogP contribution is 2.28. The van der Waals surface area contributed by atoms with Gasteiger partial charge in [0.05, 0.1) is 12.6 Å². The minimum Gasteiger partial charge on any atom is -0.343 e. The fourth-order valence-corrected chi connectivity index (χ4v) is 3.66. The van der Waals surface area contributed by atoms with Crippen LogP contribution in [0, 0.1) is 6.92 Å². The third-order valence-electron chi connectivity index (χ3n) is 4.59. The van der Waals surface area contributed by atoms with E-state index in [1.807, 2.05) is 50.5 Å². The highest BCUT2D eigenvalue weighted by atomic mass is 32.2. The average Bonchev–Trinajstić information content (AvgIpc) is 3.25. The number of carbonyl (C=O) groups is 1. The number of fused-ring (bicyclic) bond motifs is 1. The van der Waals surface area contributed by atoms with Gasteiger partial charge in [0, 0.05) is 46.7 Å². The third kappa shape index (κ3) is 3.64. The molecule has 28 heavy (non-hydrogen) atoms. The number of rotatable bonds is 5. The van der Waals surface area contributed by atoms with Crippen LogP contribution in [0.5, 0.6) is 0 Å². The number of pyridine rings is 1. The first-order chi connectivity index (χ1) is 13.5. The Morgan fingerprint density at radius 2 is 2.18 bits per heavy atom. The van der Waals surface area contributed by atoms with E-state index in [9.17, 15) is 4.79 Å². The smallest absolute Gasteiger partial charge is 0.228 e. The van der Waals surface area contributed by atoms with Gasteiger partial charge in [-0.2, -0.15) is 5.10 Å². The van der Waals surface area contributed by atoms with Crippen molar-refractivity contribution in [1.29, 1.82) is 0 Å². The molecule has 0 fully saturated rings. The number of nitrogens with two attached hydrogens (primary N) is 1. The lowest BCUT2D eigenvalue weighted by Crippen LogP contribution is -2.15. The van der Waals surface area contributed by atoms with Gasteiger partial charge >= 0.3 is 0 Å². The standard InChI is InChI=1S/C20H20N6OS/c1-12-18(17-4-3-5-22-20(17)24-12)9-19(27)25-15-6-13(7-16(8-15)28-21)14-10-23-26(2)11-14/h3-8,10-11H,9,21H2,1-2H3,(H,22,24)(H,25,27). The number of hydrogen-bond acceptors (Lipinski definition) is 5. The topological polar surface area (TPSA) is 102 Å². The Labute approximate surface area is 166 Å². The number of nitrogens with zero attached hydrogens (tertiary/aromatic N) is 3. The molecule has 4 N–H and O–H groups in total. The van der Waals surface area contributed by atoms with E-state index in [4.69, 9.17) is 5.14 Å². The maximum Gasteiger partial charge on any atom is 0.228 e. The predicted molar refractivity (Wildman–Crippen MR) is 112 cm³/mol.